The van der Waals surface area contributed by atoms with E-state index in [9.17, 15) is 14.7 Å². The third-order valence-corrected chi connectivity index (χ3v) is 3.94. The second-order valence-electron chi connectivity index (χ2n) is 8.19. The molecule has 5 nitrogen and oxygen atoms in total. The highest BCUT2D eigenvalue weighted by Crippen LogP contribution is 2.08. The summed E-state index contributed by atoms with van der Waals surface area (Å²) in [7, 11) is 5.40. The quantitative estimate of drug-likeness (QED) is 0.239. The minimum atomic E-state index is -1.00. The first-order valence-electron chi connectivity index (χ1n) is 10.7. The number of carbonyl (C=O) groups is 2. The minimum absolute atomic E-state index is 0.0694. The summed E-state index contributed by atoms with van der Waals surface area (Å²) < 4.78 is 0.419. The van der Waals surface area contributed by atoms with Crippen LogP contribution in [0, 0.1) is 0 Å². The summed E-state index contributed by atoms with van der Waals surface area (Å²) >= 11 is 0. The fourth-order valence-electron chi connectivity index (χ4n) is 2.47. The fourth-order valence-corrected chi connectivity index (χ4v) is 2.47. The van der Waals surface area contributed by atoms with Crippen LogP contribution in [0.3, 0.4) is 0 Å². The van der Waals surface area contributed by atoms with Crippen molar-refractivity contribution in [1.29, 1.82) is 0 Å². The Hall–Kier alpha value is -1.62. The normalized spacial score (nSPS) is 11.6. The number of quaternary nitrogens is 1. The minimum Gasteiger partial charge on any atom is -0.544 e. The molecule has 0 unspecified atom stereocenters. The van der Waals surface area contributed by atoms with Gasteiger partial charge in [0, 0.05) is 6.42 Å². The van der Waals surface area contributed by atoms with Crippen LogP contribution in [-0.2, 0) is 9.59 Å². The molecule has 0 bridgehead atoms. The molecular formula is C23H43NO4. The zero-order chi connectivity index (χ0) is 21.7. The topological polar surface area (TPSA) is 77.4 Å². The summed E-state index contributed by atoms with van der Waals surface area (Å²) in [5, 5.41) is 18.4. The smallest absolute Gasteiger partial charge is 0.303 e. The van der Waals surface area contributed by atoms with Crippen LogP contribution in [0.15, 0.2) is 24.3 Å². The number of carboxylic acids is 2. The Bertz CT molecular complexity index is 436. The van der Waals surface area contributed by atoms with Crippen molar-refractivity contribution in [1.82, 2.24) is 0 Å². The molecule has 1 N–H and O–H groups in total. The van der Waals surface area contributed by atoms with Gasteiger partial charge in [-0.1, -0.05) is 63.3 Å². The molecule has 0 aliphatic heterocycles. The predicted octanol–water partition coefficient (Wildman–Crippen LogP) is 4.33. The van der Waals surface area contributed by atoms with E-state index in [2.05, 4.69) is 31.2 Å². The molecule has 0 aromatic heterocycles. The van der Waals surface area contributed by atoms with Crippen LogP contribution in [0.4, 0.5) is 0 Å². The lowest BCUT2D eigenvalue weighted by atomic mass is 10.1. The van der Waals surface area contributed by atoms with E-state index >= 15 is 0 Å². The maximum atomic E-state index is 10.3. The van der Waals surface area contributed by atoms with Gasteiger partial charge in [0.2, 0.25) is 0 Å². The molecule has 0 saturated carbocycles. The van der Waals surface area contributed by atoms with Gasteiger partial charge in [0.1, 0.15) is 6.54 Å². The lowest BCUT2D eigenvalue weighted by molar-refractivity contribution is -0.864. The van der Waals surface area contributed by atoms with Gasteiger partial charge in [0.25, 0.3) is 0 Å². The molecule has 0 amide bonds. The Morgan fingerprint density at radius 1 is 0.821 bits per heavy atom. The first kappa shape index (κ1) is 28.6. The molecule has 0 aromatic rings. The number of rotatable bonds is 16. The van der Waals surface area contributed by atoms with Crippen LogP contribution >= 0.6 is 0 Å². The largest absolute Gasteiger partial charge is 0.544 e. The van der Waals surface area contributed by atoms with Crippen molar-refractivity contribution in [2.45, 2.75) is 84.0 Å². The molecule has 0 atom stereocenters. The van der Waals surface area contributed by atoms with Crippen LogP contribution in [0.5, 0.6) is 0 Å². The van der Waals surface area contributed by atoms with Gasteiger partial charge in [-0.25, -0.2) is 0 Å². The van der Waals surface area contributed by atoms with Crippen molar-refractivity contribution in [2.24, 2.45) is 0 Å². The van der Waals surface area contributed by atoms with Crippen molar-refractivity contribution in [2.75, 3.05) is 27.7 Å². The van der Waals surface area contributed by atoms with Gasteiger partial charge < -0.3 is 19.5 Å². The molecule has 0 radical (unpaired) electrons. The highest BCUT2D eigenvalue weighted by Gasteiger charge is 2.04. The van der Waals surface area contributed by atoms with E-state index in [4.69, 9.17) is 5.11 Å². The van der Waals surface area contributed by atoms with Crippen LogP contribution < -0.4 is 5.11 Å². The summed E-state index contributed by atoms with van der Waals surface area (Å²) in [5.74, 6) is -1.67. The molecule has 28 heavy (non-hydrogen) atoms. The van der Waals surface area contributed by atoms with E-state index < -0.39 is 11.9 Å². The number of unbranched alkanes of at least 4 members (excludes halogenated alkanes) is 8. The number of carboxylic acid groups (broad SMARTS) is 2. The summed E-state index contributed by atoms with van der Waals surface area (Å²) in [6.07, 6.45) is 22.3. The Balaban J connectivity index is 0. The maximum Gasteiger partial charge on any atom is 0.303 e. The van der Waals surface area contributed by atoms with Crippen molar-refractivity contribution < 1.29 is 24.3 Å². The lowest BCUT2D eigenvalue weighted by Gasteiger charge is -2.23. The fraction of sp³-hybridized carbons (Fsp3) is 0.739. The molecular weight excluding hydrogens is 354 g/mol. The SMILES string of the molecule is CCCCC/C=C\C/C=C\CCCCCCCC(=O)O.C[N+](C)(C)CC(=O)[O-]. The van der Waals surface area contributed by atoms with Crippen molar-refractivity contribution in [3.8, 4) is 0 Å². The van der Waals surface area contributed by atoms with E-state index in [1.807, 2.05) is 0 Å². The average Bonchev–Trinajstić information content (AvgIpc) is 2.56. The number of hydrogen-bond donors (Lipinski definition) is 1. The molecule has 0 heterocycles. The maximum absolute atomic E-state index is 10.3. The molecule has 164 valence electrons. The van der Waals surface area contributed by atoms with E-state index in [0.717, 1.165) is 25.7 Å². The van der Waals surface area contributed by atoms with E-state index in [-0.39, 0.29) is 6.54 Å². The Morgan fingerprint density at radius 2 is 1.32 bits per heavy atom. The third-order valence-electron chi connectivity index (χ3n) is 3.94. The molecule has 0 rings (SSSR count). The zero-order valence-corrected chi connectivity index (χ0v) is 18.6. The van der Waals surface area contributed by atoms with Gasteiger partial charge in [-0.2, -0.15) is 0 Å². The average molecular weight is 398 g/mol. The molecule has 5 heteroatoms. The van der Waals surface area contributed by atoms with E-state index in [0.29, 0.717) is 10.9 Å². The van der Waals surface area contributed by atoms with E-state index in [1.165, 1.54) is 44.9 Å². The van der Waals surface area contributed by atoms with Gasteiger partial charge >= 0.3 is 5.97 Å². The number of hydrogen-bond acceptors (Lipinski definition) is 3. The van der Waals surface area contributed by atoms with Gasteiger partial charge in [0.15, 0.2) is 0 Å². The molecule has 0 fully saturated rings. The first-order valence-corrected chi connectivity index (χ1v) is 10.7. The first-order chi connectivity index (χ1) is 13.2. The van der Waals surface area contributed by atoms with Crippen molar-refractivity contribution in [3.05, 3.63) is 24.3 Å². The van der Waals surface area contributed by atoms with Gasteiger partial charge in [0.05, 0.1) is 27.1 Å². The molecule has 0 aliphatic rings. The Kier molecular flexibility index (Phi) is 20.5. The predicted molar refractivity (Wildman–Crippen MR) is 115 cm³/mol. The van der Waals surface area contributed by atoms with E-state index in [1.54, 1.807) is 21.1 Å². The van der Waals surface area contributed by atoms with Gasteiger partial charge in [-0.15, -0.1) is 0 Å². The summed E-state index contributed by atoms with van der Waals surface area (Å²) in [4.78, 5) is 20.2. The highest BCUT2D eigenvalue weighted by atomic mass is 16.4. The molecule has 0 aliphatic carbocycles. The third kappa shape index (κ3) is 32.1. The number of likely N-dealkylation sites (N-methyl/N-ethyl adjacent to an activating group) is 1. The molecule has 0 aromatic carbocycles. The number of aliphatic carboxylic acids is 2. The number of allylic oxidation sites excluding steroid dienone is 4. The zero-order valence-electron chi connectivity index (χ0n) is 18.6. The molecule has 0 saturated heterocycles. The Morgan fingerprint density at radius 3 is 1.75 bits per heavy atom. The van der Waals surface area contributed by atoms with Crippen molar-refractivity contribution in [3.63, 3.8) is 0 Å². The number of nitrogens with zero attached hydrogens (tertiary/aromatic N) is 1. The lowest BCUT2D eigenvalue weighted by Crippen LogP contribution is -2.45. The molecule has 0 spiro atoms. The van der Waals surface area contributed by atoms with Crippen LogP contribution in [0.2, 0.25) is 0 Å². The van der Waals surface area contributed by atoms with Gasteiger partial charge in [-0.05, 0) is 38.5 Å². The number of carbonyl (C=O) groups excluding carboxylic acids is 1. The standard InChI is InChI=1S/C18H32O2.C5H11NO2/c1-2-3-4-5-6-7-8-9-10-11-12-13-14-15-16-17-18(19)20;1-6(2,3)4-5(7)8/h6-7,9-10H,2-5,8,11-17H2,1H3,(H,19,20);4H2,1-3H3/b7-6-,10-9-;. The van der Waals surface area contributed by atoms with Crippen LogP contribution in [0.25, 0.3) is 0 Å². The summed E-state index contributed by atoms with van der Waals surface area (Å²) in [6.45, 7) is 2.30. The summed E-state index contributed by atoms with van der Waals surface area (Å²) in [5.41, 5.74) is 0. The monoisotopic (exact) mass is 397 g/mol. The second-order valence-corrected chi connectivity index (χ2v) is 8.19. The Labute approximate surface area is 172 Å². The second kappa shape index (κ2) is 20.1. The summed E-state index contributed by atoms with van der Waals surface area (Å²) in [6, 6.07) is 0. The van der Waals surface area contributed by atoms with Gasteiger partial charge in [-0.3, -0.25) is 4.79 Å². The highest BCUT2D eigenvalue weighted by molar-refractivity contribution is 5.66. The van der Waals surface area contributed by atoms with Crippen molar-refractivity contribution >= 4 is 11.9 Å². The van der Waals surface area contributed by atoms with Crippen LogP contribution in [-0.4, -0.2) is 49.2 Å². The van der Waals surface area contributed by atoms with Crippen LogP contribution in [0.1, 0.15) is 84.0 Å².